The minimum absolute atomic E-state index is 0.207. The number of carbonyl (C=O) groups is 1. The van der Waals surface area contributed by atoms with E-state index in [0.717, 1.165) is 13.0 Å². The summed E-state index contributed by atoms with van der Waals surface area (Å²) in [6.07, 6.45) is 0.860. The van der Waals surface area contributed by atoms with E-state index in [-0.39, 0.29) is 5.91 Å². The minimum Gasteiger partial charge on any atom is -0.382 e. The highest BCUT2D eigenvalue weighted by atomic mass is 35.5. The van der Waals surface area contributed by atoms with Gasteiger partial charge in [0, 0.05) is 46.0 Å². The van der Waals surface area contributed by atoms with E-state index in [0.29, 0.717) is 54.5 Å². The zero-order chi connectivity index (χ0) is 19.2. The summed E-state index contributed by atoms with van der Waals surface area (Å²) in [6.45, 7) is 3.58. The first kappa shape index (κ1) is 22.5. The normalized spacial score (nSPS) is 11.3. The summed E-state index contributed by atoms with van der Waals surface area (Å²) in [6, 6.07) is 4.77. The van der Waals surface area contributed by atoms with Crippen LogP contribution in [0.25, 0.3) is 0 Å². The molecule has 0 bridgehead atoms. The summed E-state index contributed by atoms with van der Waals surface area (Å²) in [5.41, 5.74) is 0.468. The zero-order valence-corrected chi connectivity index (χ0v) is 16.6. The van der Waals surface area contributed by atoms with E-state index in [1.165, 1.54) is 0 Å². The number of hydrogen-bond acceptors (Lipinski definition) is 4. The van der Waals surface area contributed by atoms with Crippen LogP contribution in [0.3, 0.4) is 0 Å². The number of carbonyl (C=O) groups excluding carboxylic acids is 1. The van der Waals surface area contributed by atoms with Crippen LogP contribution < -0.4 is 16.0 Å². The van der Waals surface area contributed by atoms with Gasteiger partial charge in [-0.1, -0.05) is 23.2 Å². The second kappa shape index (κ2) is 13.6. The summed E-state index contributed by atoms with van der Waals surface area (Å²) in [4.78, 5) is 16.2. The number of aliphatic imine (C=N–C) groups is 1. The molecule has 3 N–H and O–H groups in total. The molecule has 0 saturated carbocycles. The van der Waals surface area contributed by atoms with Crippen molar-refractivity contribution < 1.29 is 14.3 Å². The standard InChI is InChI=1S/C17H26Cl2N4O3/c1-20-17(22-6-3-9-26-11-10-25-2)23-8-7-21-16(24)13-4-5-14(18)15(19)12-13/h4-5,12H,3,6-11H2,1-2H3,(H,21,24)(H2,20,22,23). The van der Waals surface area contributed by atoms with Crippen LogP contribution in [0.1, 0.15) is 16.8 Å². The zero-order valence-electron chi connectivity index (χ0n) is 15.1. The molecule has 0 aliphatic rings. The SMILES string of the molecule is CN=C(NCCCOCCOC)NCCNC(=O)c1ccc(Cl)c(Cl)c1. The molecule has 0 aromatic heterocycles. The Kier molecular flexibility index (Phi) is 11.8. The average molecular weight is 405 g/mol. The predicted molar refractivity (Wildman–Crippen MR) is 105 cm³/mol. The molecule has 1 amide bonds. The van der Waals surface area contributed by atoms with Gasteiger partial charge in [-0.3, -0.25) is 9.79 Å². The molecular formula is C17H26Cl2N4O3. The molecule has 0 fully saturated rings. The number of ether oxygens (including phenoxy) is 2. The number of nitrogens with one attached hydrogen (secondary N) is 3. The number of rotatable bonds is 11. The lowest BCUT2D eigenvalue weighted by Crippen LogP contribution is -2.42. The van der Waals surface area contributed by atoms with Crippen molar-refractivity contribution in [3.05, 3.63) is 33.8 Å². The van der Waals surface area contributed by atoms with E-state index in [9.17, 15) is 4.79 Å². The molecule has 0 atom stereocenters. The third-order valence-corrected chi connectivity index (χ3v) is 4.04. The molecule has 0 aliphatic carbocycles. The summed E-state index contributed by atoms with van der Waals surface area (Å²) in [7, 11) is 3.34. The Morgan fingerprint density at radius 1 is 1.04 bits per heavy atom. The maximum atomic E-state index is 12.0. The van der Waals surface area contributed by atoms with Gasteiger partial charge in [0.2, 0.25) is 0 Å². The van der Waals surface area contributed by atoms with Gasteiger partial charge < -0.3 is 25.4 Å². The molecule has 26 heavy (non-hydrogen) atoms. The van der Waals surface area contributed by atoms with Crippen LogP contribution in [0.5, 0.6) is 0 Å². The lowest BCUT2D eigenvalue weighted by molar-refractivity contribution is 0.0698. The fourth-order valence-electron chi connectivity index (χ4n) is 1.94. The highest BCUT2D eigenvalue weighted by Gasteiger charge is 2.07. The molecule has 9 heteroatoms. The molecule has 1 aromatic rings. The van der Waals surface area contributed by atoms with E-state index < -0.39 is 0 Å². The monoisotopic (exact) mass is 404 g/mol. The summed E-state index contributed by atoms with van der Waals surface area (Å²) in [5, 5.41) is 9.88. The molecule has 0 saturated heterocycles. The average Bonchev–Trinajstić information content (AvgIpc) is 2.64. The largest absolute Gasteiger partial charge is 0.382 e. The maximum absolute atomic E-state index is 12.0. The molecule has 0 radical (unpaired) electrons. The molecular weight excluding hydrogens is 379 g/mol. The lowest BCUT2D eigenvalue weighted by Gasteiger charge is -2.12. The van der Waals surface area contributed by atoms with Crippen LogP contribution in [0, 0.1) is 0 Å². The highest BCUT2D eigenvalue weighted by molar-refractivity contribution is 6.42. The number of guanidine groups is 1. The lowest BCUT2D eigenvalue weighted by atomic mass is 10.2. The maximum Gasteiger partial charge on any atom is 0.251 e. The number of hydrogen-bond donors (Lipinski definition) is 3. The van der Waals surface area contributed by atoms with Gasteiger partial charge >= 0.3 is 0 Å². The van der Waals surface area contributed by atoms with E-state index in [1.54, 1.807) is 32.4 Å². The first-order valence-corrected chi connectivity index (χ1v) is 9.08. The summed E-state index contributed by atoms with van der Waals surface area (Å²) >= 11 is 11.8. The molecule has 1 aromatic carbocycles. The quantitative estimate of drug-likeness (QED) is 0.298. The van der Waals surface area contributed by atoms with Gasteiger partial charge in [0.15, 0.2) is 5.96 Å². The van der Waals surface area contributed by atoms with Gasteiger partial charge in [0.25, 0.3) is 5.91 Å². The fraction of sp³-hybridized carbons (Fsp3) is 0.529. The van der Waals surface area contributed by atoms with Crippen molar-refractivity contribution in [2.45, 2.75) is 6.42 Å². The van der Waals surface area contributed by atoms with Gasteiger partial charge in [-0.15, -0.1) is 0 Å². The van der Waals surface area contributed by atoms with E-state index in [2.05, 4.69) is 20.9 Å². The van der Waals surface area contributed by atoms with Crippen LogP contribution in [0.15, 0.2) is 23.2 Å². The Hall–Kier alpha value is -1.54. The van der Waals surface area contributed by atoms with Crippen LogP contribution in [0.4, 0.5) is 0 Å². The van der Waals surface area contributed by atoms with Crippen LogP contribution in [-0.2, 0) is 9.47 Å². The molecule has 146 valence electrons. The van der Waals surface area contributed by atoms with Crippen LogP contribution >= 0.6 is 23.2 Å². The molecule has 0 heterocycles. The van der Waals surface area contributed by atoms with E-state index in [1.807, 2.05) is 0 Å². The molecule has 0 aliphatic heterocycles. The number of methoxy groups -OCH3 is 1. The molecule has 7 nitrogen and oxygen atoms in total. The second-order valence-corrected chi connectivity index (χ2v) is 6.08. The topological polar surface area (TPSA) is 84.0 Å². The van der Waals surface area contributed by atoms with Crippen molar-refractivity contribution in [2.24, 2.45) is 4.99 Å². The predicted octanol–water partition coefficient (Wildman–Crippen LogP) is 1.94. The van der Waals surface area contributed by atoms with Crippen molar-refractivity contribution in [3.8, 4) is 0 Å². The van der Waals surface area contributed by atoms with Gasteiger partial charge in [-0.2, -0.15) is 0 Å². The third-order valence-electron chi connectivity index (χ3n) is 3.30. The highest BCUT2D eigenvalue weighted by Crippen LogP contribution is 2.22. The van der Waals surface area contributed by atoms with Crippen LogP contribution in [0.2, 0.25) is 10.0 Å². The Bertz CT molecular complexity index is 585. The minimum atomic E-state index is -0.207. The van der Waals surface area contributed by atoms with Crippen molar-refractivity contribution in [1.82, 2.24) is 16.0 Å². The Balaban J connectivity index is 2.16. The molecule has 1 rings (SSSR count). The van der Waals surface area contributed by atoms with Gasteiger partial charge in [0.05, 0.1) is 23.3 Å². The first-order valence-electron chi connectivity index (χ1n) is 8.33. The van der Waals surface area contributed by atoms with Gasteiger partial charge in [-0.05, 0) is 24.6 Å². The fourth-order valence-corrected chi connectivity index (χ4v) is 2.24. The Labute approximate surface area is 164 Å². The van der Waals surface area contributed by atoms with Gasteiger partial charge in [-0.25, -0.2) is 0 Å². The Morgan fingerprint density at radius 2 is 1.77 bits per heavy atom. The summed E-state index contributed by atoms with van der Waals surface area (Å²) in [5.74, 6) is 0.465. The molecule has 0 unspecified atom stereocenters. The second-order valence-electron chi connectivity index (χ2n) is 5.27. The number of nitrogens with zero attached hydrogens (tertiary/aromatic N) is 1. The van der Waals surface area contributed by atoms with Crippen LogP contribution in [-0.4, -0.2) is 65.5 Å². The van der Waals surface area contributed by atoms with Crippen molar-refractivity contribution in [3.63, 3.8) is 0 Å². The Morgan fingerprint density at radius 3 is 2.46 bits per heavy atom. The van der Waals surface area contributed by atoms with Crippen molar-refractivity contribution in [2.75, 3.05) is 53.6 Å². The smallest absolute Gasteiger partial charge is 0.251 e. The summed E-state index contributed by atoms with van der Waals surface area (Å²) < 4.78 is 10.3. The number of amides is 1. The molecule has 0 spiro atoms. The van der Waals surface area contributed by atoms with E-state index >= 15 is 0 Å². The van der Waals surface area contributed by atoms with E-state index in [4.69, 9.17) is 32.7 Å². The van der Waals surface area contributed by atoms with Crippen molar-refractivity contribution >= 4 is 35.1 Å². The first-order chi connectivity index (χ1) is 12.6. The number of halogens is 2. The van der Waals surface area contributed by atoms with Gasteiger partial charge in [0.1, 0.15) is 0 Å². The third kappa shape index (κ3) is 9.24. The van der Waals surface area contributed by atoms with Crippen molar-refractivity contribution in [1.29, 1.82) is 0 Å². The number of benzene rings is 1.